The highest BCUT2D eigenvalue weighted by atomic mass is 16.1. The lowest BCUT2D eigenvalue weighted by atomic mass is 10.1. The van der Waals surface area contributed by atoms with Gasteiger partial charge in [-0.1, -0.05) is 12.1 Å². The summed E-state index contributed by atoms with van der Waals surface area (Å²) in [6.45, 7) is 3.88. The fraction of sp³-hybridized carbons (Fsp3) is 0.250. The number of rotatable bonds is 4. The number of benzene rings is 1. The zero-order valence-corrected chi connectivity index (χ0v) is 13.2. The Labute approximate surface area is 133 Å². The van der Waals surface area contributed by atoms with Crippen LogP contribution in [-0.2, 0) is 7.05 Å². The lowest BCUT2D eigenvalue weighted by Crippen LogP contribution is -2.26. The Morgan fingerprint density at radius 1 is 1.39 bits per heavy atom. The van der Waals surface area contributed by atoms with Crippen LogP contribution in [0.1, 0.15) is 34.6 Å². The lowest BCUT2D eigenvalue weighted by Gasteiger charge is -2.13. The van der Waals surface area contributed by atoms with E-state index in [0.717, 1.165) is 16.8 Å². The van der Waals surface area contributed by atoms with Gasteiger partial charge in [0.1, 0.15) is 6.33 Å². The Morgan fingerprint density at radius 2 is 2.22 bits per heavy atom. The highest BCUT2D eigenvalue weighted by Gasteiger charge is 2.16. The molecule has 0 aliphatic heterocycles. The number of nitrogens with zero attached hydrogens (tertiary/aromatic N) is 4. The number of aryl methyl sites for hydroxylation is 2. The van der Waals surface area contributed by atoms with Crippen molar-refractivity contribution in [3.63, 3.8) is 0 Å². The van der Waals surface area contributed by atoms with Gasteiger partial charge in [0.25, 0.3) is 5.91 Å². The molecule has 0 aliphatic carbocycles. The molecule has 0 saturated heterocycles. The van der Waals surface area contributed by atoms with E-state index < -0.39 is 0 Å². The molecule has 0 spiro atoms. The van der Waals surface area contributed by atoms with Gasteiger partial charge in [0.2, 0.25) is 0 Å². The minimum atomic E-state index is -0.137. The monoisotopic (exact) mass is 310 g/mol. The van der Waals surface area contributed by atoms with E-state index in [4.69, 9.17) is 0 Å². The smallest absolute Gasteiger partial charge is 0.251 e. The highest BCUT2D eigenvalue weighted by Crippen LogP contribution is 2.18. The predicted molar refractivity (Wildman–Crippen MR) is 85.6 cm³/mol. The fourth-order valence-electron chi connectivity index (χ4n) is 2.55. The molecule has 0 unspecified atom stereocenters. The third-order valence-electron chi connectivity index (χ3n) is 3.68. The summed E-state index contributed by atoms with van der Waals surface area (Å²) >= 11 is 0. The maximum Gasteiger partial charge on any atom is 0.251 e. The van der Waals surface area contributed by atoms with E-state index in [1.165, 1.54) is 6.33 Å². The molecule has 118 valence electrons. The summed E-state index contributed by atoms with van der Waals surface area (Å²) in [6.07, 6.45) is 3.36. The largest absolute Gasteiger partial charge is 0.345 e. The summed E-state index contributed by atoms with van der Waals surface area (Å²) < 4.78 is 1.75. The van der Waals surface area contributed by atoms with Crippen LogP contribution in [0.15, 0.2) is 36.8 Å². The molecule has 7 heteroatoms. The quantitative estimate of drug-likeness (QED) is 0.771. The molecule has 0 aliphatic rings. The number of aromatic amines is 1. The molecule has 2 heterocycles. The van der Waals surface area contributed by atoms with E-state index in [-0.39, 0.29) is 11.9 Å². The summed E-state index contributed by atoms with van der Waals surface area (Å²) in [4.78, 5) is 16.6. The van der Waals surface area contributed by atoms with Crippen molar-refractivity contribution >= 4 is 5.91 Å². The standard InChI is InChI=1S/C16H18N6O/c1-10(14-8-22(3)21-11(14)2)19-16(23)13-6-4-5-12(7-13)15-17-9-18-20-15/h4-10H,1-3H3,(H,19,23)(H,17,18,20)/t10-/m0/s1. The minimum Gasteiger partial charge on any atom is -0.345 e. The molecular weight excluding hydrogens is 292 g/mol. The first kappa shape index (κ1) is 15.0. The third-order valence-corrected chi connectivity index (χ3v) is 3.68. The number of amides is 1. The average molecular weight is 310 g/mol. The summed E-state index contributed by atoms with van der Waals surface area (Å²) in [5.41, 5.74) is 3.32. The molecule has 1 aromatic carbocycles. The maximum atomic E-state index is 12.5. The second kappa shape index (κ2) is 6.04. The van der Waals surface area contributed by atoms with E-state index in [1.54, 1.807) is 16.8 Å². The summed E-state index contributed by atoms with van der Waals surface area (Å²) in [5, 5.41) is 13.9. The molecule has 0 saturated carbocycles. The van der Waals surface area contributed by atoms with Crippen LogP contribution in [0.5, 0.6) is 0 Å². The van der Waals surface area contributed by atoms with Gasteiger partial charge in [0, 0.05) is 29.9 Å². The van der Waals surface area contributed by atoms with Crippen LogP contribution in [-0.4, -0.2) is 30.9 Å². The zero-order valence-electron chi connectivity index (χ0n) is 13.2. The molecule has 3 rings (SSSR count). The molecule has 7 nitrogen and oxygen atoms in total. The van der Waals surface area contributed by atoms with Gasteiger partial charge in [0.15, 0.2) is 5.82 Å². The van der Waals surface area contributed by atoms with Gasteiger partial charge in [-0.3, -0.25) is 14.6 Å². The number of carbonyl (C=O) groups is 1. The van der Waals surface area contributed by atoms with Gasteiger partial charge in [-0.15, -0.1) is 0 Å². The Balaban J connectivity index is 1.78. The van der Waals surface area contributed by atoms with Crippen LogP contribution in [0.25, 0.3) is 11.4 Å². The summed E-state index contributed by atoms with van der Waals surface area (Å²) in [7, 11) is 1.87. The first-order chi connectivity index (χ1) is 11.0. The minimum absolute atomic E-state index is 0.120. The lowest BCUT2D eigenvalue weighted by molar-refractivity contribution is 0.0940. The third kappa shape index (κ3) is 3.13. The van der Waals surface area contributed by atoms with Crippen LogP contribution in [0, 0.1) is 6.92 Å². The number of hydrogen-bond donors (Lipinski definition) is 2. The van der Waals surface area contributed by atoms with Crippen LogP contribution in [0.2, 0.25) is 0 Å². The highest BCUT2D eigenvalue weighted by molar-refractivity contribution is 5.95. The Bertz CT molecular complexity index is 821. The van der Waals surface area contributed by atoms with Gasteiger partial charge in [-0.05, 0) is 26.0 Å². The van der Waals surface area contributed by atoms with Crippen molar-refractivity contribution in [3.8, 4) is 11.4 Å². The molecule has 1 amide bonds. The molecule has 0 bridgehead atoms. The molecule has 0 fully saturated rings. The van der Waals surface area contributed by atoms with Crippen molar-refractivity contribution in [1.82, 2.24) is 30.3 Å². The Morgan fingerprint density at radius 3 is 2.87 bits per heavy atom. The van der Waals surface area contributed by atoms with Crippen LogP contribution in [0.4, 0.5) is 0 Å². The molecule has 23 heavy (non-hydrogen) atoms. The van der Waals surface area contributed by atoms with Crippen LogP contribution in [0.3, 0.4) is 0 Å². The van der Waals surface area contributed by atoms with Crippen molar-refractivity contribution in [1.29, 1.82) is 0 Å². The number of H-pyrrole nitrogens is 1. The van der Waals surface area contributed by atoms with Gasteiger partial charge < -0.3 is 5.32 Å². The van der Waals surface area contributed by atoms with Crippen molar-refractivity contribution in [2.45, 2.75) is 19.9 Å². The Hall–Kier alpha value is -2.96. The van der Waals surface area contributed by atoms with Crippen molar-refractivity contribution in [3.05, 3.63) is 53.6 Å². The van der Waals surface area contributed by atoms with Crippen molar-refractivity contribution in [2.75, 3.05) is 0 Å². The van der Waals surface area contributed by atoms with Crippen molar-refractivity contribution in [2.24, 2.45) is 7.05 Å². The molecule has 2 N–H and O–H groups in total. The number of hydrogen-bond acceptors (Lipinski definition) is 4. The normalized spacial score (nSPS) is 12.1. The molecule has 3 aromatic rings. The molecule has 2 aromatic heterocycles. The second-order valence-electron chi connectivity index (χ2n) is 5.45. The number of aromatic nitrogens is 5. The number of carbonyl (C=O) groups excluding carboxylic acids is 1. The average Bonchev–Trinajstić information content (AvgIpc) is 3.17. The van der Waals surface area contributed by atoms with Crippen LogP contribution < -0.4 is 5.32 Å². The molecular formula is C16H18N6O. The maximum absolute atomic E-state index is 12.5. The summed E-state index contributed by atoms with van der Waals surface area (Å²) in [5.74, 6) is 0.498. The van der Waals surface area contributed by atoms with Gasteiger partial charge >= 0.3 is 0 Å². The first-order valence-electron chi connectivity index (χ1n) is 7.31. The van der Waals surface area contributed by atoms with E-state index >= 15 is 0 Å². The molecule has 0 radical (unpaired) electrons. The van der Waals surface area contributed by atoms with E-state index in [9.17, 15) is 4.79 Å². The van der Waals surface area contributed by atoms with Crippen molar-refractivity contribution < 1.29 is 4.79 Å². The summed E-state index contributed by atoms with van der Waals surface area (Å²) in [6, 6.07) is 7.15. The Kier molecular flexibility index (Phi) is 3.92. The SMILES string of the molecule is Cc1nn(C)cc1[C@H](C)NC(=O)c1cccc(-c2ncn[nH]2)c1. The predicted octanol–water partition coefficient (Wildman–Crippen LogP) is 2.00. The molecule has 1 atom stereocenters. The van der Waals surface area contributed by atoms with E-state index in [1.807, 2.05) is 39.2 Å². The van der Waals surface area contributed by atoms with E-state index in [2.05, 4.69) is 25.6 Å². The first-order valence-corrected chi connectivity index (χ1v) is 7.31. The van der Waals surface area contributed by atoms with Gasteiger partial charge in [-0.25, -0.2) is 4.98 Å². The second-order valence-corrected chi connectivity index (χ2v) is 5.45. The fourth-order valence-corrected chi connectivity index (χ4v) is 2.55. The number of nitrogens with one attached hydrogen (secondary N) is 2. The topological polar surface area (TPSA) is 88.5 Å². The zero-order chi connectivity index (χ0) is 16.4. The van der Waals surface area contributed by atoms with E-state index in [0.29, 0.717) is 11.4 Å². The van der Waals surface area contributed by atoms with Gasteiger partial charge in [-0.2, -0.15) is 10.2 Å². The van der Waals surface area contributed by atoms with Crippen LogP contribution >= 0.6 is 0 Å². The van der Waals surface area contributed by atoms with Gasteiger partial charge in [0.05, 0.1) is 11.7 Å².